The maximum Gasteiger partial charge on any atom is 0.274 e. The standard InChI is InChI=1S/C17H21N3O/c1-4-15(11-14-7-5-13(2)6-8-14)20(3)17(21)16-12-18-9-10-19-16/h5-10,12,15H,4,11H2,1-3H3. The Balaban J connectivity index is 2.09. The highest BCUT2D eigenvalue weighted by Crippen LogP contribution is 2.14. The maximum atomic E-state index is 12.4. The van der Waals surface area contributed by atoms with Gasteiger partial charge < -0.3 is 4.90 Å². The van der Waals surface area contributed by atoms with Crippen LogP contribution in [0.15, 0.2) is 42.9 Å². The van der Waals surface area contributed by atoms with Gasteiger partial charge in [0.1, 0.15) is 5.69 Å². The normalized spacial score (nSPS) is 12.0. The molecule has 0 radical (unpaired) electrons. The summed E-state index contributed by atoms with van der Waals surface area (Å²) in [5.41, 5.74) is 2.88. The van der Waals surface area contributed by atoms with E-state index in [-0.39, 0.29) is 11.9 Å². The van der Waals surface area contributed by atoms with Crippen molar-refractivity contribution in [3.63, 3.8) is 0 Å². The summed E-state index contributed by atoms with van der Waals surface area (Å²) in [4.78, 5) is 22.2. The molecule has 4 nitrogen and oxygen atoms in total. The van der Waals surface area contributed by atoms with Gasteiger partial charge in [-0.25, -0.2) is 4.98 Å². The molecule has 0 bridgehead atoms. The number of hydrogen-bond acceptors (Lipinski definition) is 3. The van der Waals surface area contributed by atoms with Crippen molar-refractivity contribution < 1.29 is 4.79 Å². The third-order valence-electron chi connectivity index (χ3n) is 3.71. The molecule has 1 aromatic heterocycles. The number of nitrogens with zero attached hydrogens (tertiary/aromatic N) is 3. The van der Waals surface area contributed by atoms with Gasteiger partial charge in [-0.05, 0) is 25.3 Å². The predicted octanol–water partition coefficient (Wildman–Crippen LogP) is 2.88. The molecule has 110 valence electrons. The highest BCUT2D eigenvalue weighted by Gasteiger charge is 2.21. The molecule has 21 heavy (non-hydrogen) atoms. The molecule has 2 rings (SSSR count). The molecule has 1 amide bonds. The summed E-state index contributed by atoms with van der Waals surface area (Å²) >= 11 is 0. The average Bonchev–Trinajstić information content (AvgIpc) is 2.54. The topological polar surface area (TPSA) is 46.1 Å². The Morgan fingerprint density at radius 3 is 2.52 bits per heavy atom. The molecule has 4 heteroatoms. The van der Waals surface area contributed by atoms with Crippen LogP contribution in [-0.4, -0.2) is 33.9 Å². The average molecular weight is 283 g/mol. The van der Waals surface area contributed by atoms with E-state index in [1.54, 1.807) is 17.3 Å². The highest BCUT2D eigenvalue weighted by molar-refractivity contribution is 5.92. The number of amides is 1. The molecule has 0 saturated carbocycles. The number of hydrogen-bond donors (Lipinski definition) is 0. The molecule has 0 N–H and O–H groups in total. The Morgan fingerprint density at radius 2 is 1.95 bits per heavy atom. The molecule has 1 atom stereocenters. The van der Waals surface area contributed by atoms with Crippen LogP contribution in [0, 0.1) is 6.92 Å². The van der Waals surface area contributed by atoms with Crippen molar-refractivity contribution in [1.29, 1.82) is 0 Å². The molecule has 1 unspecified atom stereocenters. The first-order valence-electron chi connectivity index (χ1n) is 7.20. The fraction of sp³-hybridized carbons (Fsp3) is 0.353. The van der Waals surface area contributed by atoms with E-state index >= 15 is 0 Å². The van der Waals surface area contributed by atoms with Crippen molar-refractivity contribution in [2.75, 3.05) is 7.05 Å². The van der Waals surface area contributed by atoms with Gasteiger partial charge in [0.25, 0.3) is 5.91 Å². The fourth-order valence-corrected chi connectivity index (χ4v) is 2.31. The second kappa shape index (κ2) is 6.97. The lowest BCUT2D eigenvalue weighted by molar-refractivity contribution is 0.0720. The third-order valence-corrected chi connectivity index (χ3v) is 3.71. The fourth-order valence-electron chi connectivity index (χ4n) is 2.31. The molecule has 0 aliphatic carbocycles. The van der Waals surface area contributed by atoms with E-state index in [0.717, 1.165) is 12.8 Å². The van der Waals surface area contributed by atoms with Crippen LogP contribution in [0.4, 0.5) is 0 Å². The Bertz CT molecular complexity index is 581. The summed E-state index contributed by atoms with van der Waals surface area (Å²) < 4.78 is 0. The van der Waals surface area contributed by atoms with Gasteiger partial charge in [0, 0.05) is 25.5 Å². The Labute approximate surface area is 125 Å². The lowest BCUT2D eigenvalue weighted by atomic mass is 10.0. The molecular formula is C17H21N3O. The second-order valence-electron chi connectivity index (χ2n) is 5.26. The molecule has 2 aromatic rings. The zero-order chi connectivity index (χ0) is 15.2. The van der Waals surface area contributed by atoms with E-state index in [9.17, 15) is 4.79 Å². The molecule has 0 spiro atoms. The quantitative estimate of drug-likeness (QED) is 0.847. The van der Waals surface area contributed by atoms with Crippen molar-refractivity contribution in [2.24, 2.45) is 0 Å². The van der Waals surface area contributed by atoms with E-state index < -0.39 is 0 Å². The van der Waals surface area contributed by atoms with Crippen molar-refractivity contribution in [2.45, 2.75) is 32.7 Å². The summed E-state index contributed by atoms with van der Waals surface area (Å²) in [7, 11) is 1.83. The number of rotatable bonds is 5. The van der Waals surface area contributed by atoms with Gasteiger partial charge in [0.2, 0.25) is 0 Å². The number of aryl methyl sites for hydroxylation is 1. The number of aromatic nitrogens is 2. The summed E-state index contributed by atoms with van der Waals surface area (Å²) in [5, 5.41) is 0. The smallest absolute Gasteiger partial charge is 0.274 e. The number of carbonyl (C=O) groups excluding carboxylic acids is 1. The minimum absolute atomic E-state index is 0.0814. The van der Waals surface area contributed by atoms with Crippen molar-refractivity contribution in [3.05, 3.63) is 59.7 Å². The zero-order valence-electron chi connectivity index (χ0n) is 12.8. The Kier molecular flexibility index (Phi) is 5.04. The molecule has 0 fully saturated rings. The Hall–Kier alpha value is -2.23. The van der Waals surface area contributed by atoms with E-state index in [4.69, 9.17) is 0 Å². The van der Waals surface area contributed by atoms with E-state index in [2.05, 4.69) is 48.1 Å². The van der Waals surface area contributed by atoms with Gasteiger partial charge in [-0.2, -0.15) is 0 Å². The van der Waals surface area contributed by atoms with Gasteiger partial charge in [-0.1, -0.05) is 36.8 Å². The van der Waals surface area contributed by atoms with E-state index in [1.807, 2.05) is 7.05 Å². The first-order valence-corrected chi connectivity index (χ1v) is 7.20. The van der Waals surface area contributed by atoms with Gasteiger partial charge in [-0.3, -0.25) is 9.78 Å². The molecule has 1 heterocycles. The number of benzene rings is 1. The van der Waals surface area contributed by atoms with Crippen LogP contribution < -0.4 is 0 Å². The molecule has 0 aliphatic heterocycles. The van der Waals surface area contributed by atoms with E-state index in [0.29, 0.717) is 5.69 Å². The third kappa shape index (κ3) is 3.88. The van der Waals surface area contributed by atoms with Gasteiger partial charge in [0.05, 0.1) is 6.20 Å². The van der Waals surface area contributed by atoms with E-state index in [1.165, 1.54) is 17.3 Å². The summed E-state index contributed by atoms with van der Waals surface area (Å²) in [5.74, 6) is -0.0814. The SMILES string of the molecule is CCC(Cc1ccc(C)cc1)N(C)C(=O)c1cnccn1. The van der Waals surface area contributed by atoms with Gasteiger partial charge in [0.15, 0.2) is 0 Å². The summed E-state index contributed by atoms with van der Waals surface area (Å²) in [6, 6.07) is 8.61. The largest absolute Gasteiger partial charge is 0.337 e. The summed E-state index contributed by atoms with van der Waals surface area (Å²) in [6.45, 7) is 4.17. The van der Waals surface area contributed by atoms with Crippen LogP contribution in [-0.2, 0) is 6.42 Å². The lowest BCUT2D eigenvalue weighted by Crippen LogP contribution is -2.38. The minimum Gasteiger partial charge on any atom is -0.337 e. The van der Waals surface area contributed by atoms with Gasteiger partial charge >= 0.3 is 0 Å². The van der Waals surface area contributed by atoms with Crippen molar-refractivity contribution in [1.82, 2.24) is 14.9 Å². The monoisotopic (exact) mass is 283 g/mol. The van der Waals surface area contributed by atoms with Crippen molar-refractivity contribution >= 4 is 5.91 Å². The van der Waals surface area contributed by atoms with Crippen LogP contribution in [0.25, 0.3) is 0 Å². The van der Waals surface area contributed by atoms with Crippen LogP contribution in [0.1, 0.15) is 35.0 Å². The second-order valence-corrected chi connectivity index (χ2v) is 5.26. The van der Waals surface area contributed by atoms with Crippen molar-refractivity contribution in [3.8, 4) is 0 Å². The number of carbonyl (C=O) groups is 1. The first-order chi connectivity index (χ1) is 10.1. The van der Waals surface area contributed by atoms with Crippen LogP contribution in [0.2, 0.25) is 0 Å². The molecular weight excluding hydrogens is 262 g/mol. The molecule has 0 saturated heterocycles. The van der Waals surface area contributed by atoms with Crippen LogP contribution >= 0.6 is 0 Å². The predicted molar refractivity (Wildman–Crippen MR) is 83.1 cm³/mol. The maximum absolute atomic E-state index is 12.4. The highest BCUT2D eigenvalue weighted by atomic mass is 16.2. The number of likely N-dealkylation sites (N-methyl/N-ethyl adjacent to an activating group) is 1. The first kappa shape index (κ1) is 15.2. The Morgan fingerprint density at radius 1 is 1.24 bits per heavy atom. The lowest BCUT2D eigenvalue weighted by Gasteiger charge is -2.27. The molecule has 1 aromatic carbocycles. The van der Waals surface area contributed by atoms with Gasteiger partial charge in [-0.15, -0.1) is 0 Å². The van der Waals surface area contributed by atoms with Crippen LogP contribution in [0.5, 0.6) is 0 Å². The van der Waals surface area contributed by atoms with Crippen LogP contribution in [0.3, 0.4) is 0 Å². The summed E-state index contributed by atoms with van der Waals surface area (Å²) in [6.07, 6.45) is 6.37. The molecule has 0 aliphatic rings. The zero-order valence-corrected chi connectivity index (χ0v) is 12.8. The minimum atomic E-state index is -0.0814.